The lowest BCUT2D eigenvalue weighted by Gasteiger charge is -2.10. The van der Waals surface area contributed by atoms with Crippen LogP contribution in [0.3, 0.4) is 0 Å². The molecule has 7 nitrogen and oxygen atoms in total. The molecule has 0 saturated heterocycles. The minimum absolute atomic E-state index is 0.160. The molecular weight excluding hydrogens is 340 g/mol. The van der Waals surface area contributed by atoms with E-state index in [4.69, 9.17) is 17.3 Å². The predicted octanol–water partition coefficient (Wildman–Crippen LogP) is 3.01. The number of nitrogens with zero attached hydrogens (tertiary/aromatic N) is 4. The third-order valence-corrected chi connectivity index (χ3v) is 4.08. The van der Waals surface area contributed by atoms with E-state index in [1.165, 1.54) is 0 Å². The largest absolute Gasteiger partial charge is 0.382 e. The lowest BCUT2D eigenvalue weighted by atomic mass is 10.2. The zero-order chi connectivity index (χ0) is 17.4. The SMILES string of the molecule is Nc1nn2ccccc2c1C(=O)Nc1ccnn1-c1ccccc1Cl. The first-order chi connectivity index (χ1) is 12.1. The number of benzene rings is 1. The highest BCUT2D eigenvalue weighted by atomic mass is 35.5. The van der Waals surface area contributed by atoms with Crippen molar-refractivity contribution < 1.29 is 4.79 Å². The van der Waals surface area contributed by atoms with Crippen LogP contribution in [0.2, 0.25) is 5.02 Å². The zero-order valence-corrected chi connectivity index (χ0v) is 13.7. The molecule has 124 valence electrons. The standard InChI is InChI=1S/C17H13ClN6O/c18-11-5-1-2-6-12(11)24-14(8-9-20-24)21-17(25)15-13-7-3-4-10-23(13)22-16(15)19/h1-10H,(H2,19,22)(H,21,25). The Morgan fingerprint density at radius 3 is 2.76 bits per heavy atom. The normalized spacial score (nSPS) is 10.9. The highest BCUT2D eigenvalue weighted by Crippen LogP contribution is 2.24. The fraction of sp³-hybridized carbons (Fsp3) is 0. The van der Waals surface area contributed by atoms with Crippen molar-refractivity contribution in [2.24, 2.45) is 0 Å². The molecule has 3 aromatic heterocycles. The van der Waals surface area contributed by atoms with E-state index in [9.17, 15) is 4.79 Å². The highest BCUT2D eigenvalue weighted by molar-refractivity contribution is 6.32. The van der Waals surface area contributed by atoms with Gasteiger partial charge < -0.3 is 11.1 Å². The van der Waals surface area contributed by atoms with Gasteiger partial charge in [0.15, 0.2) is 5.82 Å². The van der Waals surface area contributed by atoms with E-state index in [0.29, 0.717) is 27.6 Å². The molecule has 0 fully saturated rings. The van der Waals surface area contributed by atoms with E-state index in [1.54, 1.807) is 39.8 Å². The van der Waals surface area contributed by atoms with Crippen LogP contribution >= 0.6 is 11.6 Å². The first kappa shape index (κ1) is 15.2. The van der Waals surface area contributed by atoms with Crippen LogP contribution in [0.5, 0.6) is 0 Å². The number of hydrogen-bond donors (Lipinski definition) is 2. The molecule has 1 aromatic carbocycles. The van der Waals surface area contributed by atoms with Gasteiger partial charge in [-0.15, -0.1) is 5.10 Å². The summed E-state index contributed by atoms with van der Waals surface area (Å²) < 4.78 is 3.12. The number of anilines is 2. The Balaban J connectivity index is 1.72. The second kappa shape index (κ2) is 5.95. The van der Waals surface area contributed by atoms with Crippen LogP contribution in [0.25, 0.3) is 11.2 Å². The molecule has 0 radical (unpaired) electrons. The monoisotopic (exact) mass is 352 g/mol. The minimum atomic E-state index is -0.368. The number of para-hydroxylation sites is 1. The summed E-state index contributed by atoms with van der Waals surface area (Å²) in [6.07, 6.45) is 3.31. The van der Waals surface area contributed by atoms with Crippen molar-refractivity contribution in [3.05, 3.63) is 71.5 Å². The molecule has 1 amide bonds. The lowest BCUT2D eigenvalue weighted by Crippen LogP contribution is -2.16. The number of nitrogen functional groups attached to an aromatic ring is 1. The van der Waals surface area contributed by atoms with Gasteiger partial charge >= 0.3 is 0 Å². The summed E-state index contributed by atoms with van der Waals surface area (Å²) in [7, 11) is 0. The van der Waals surface area contributed by atoms with Gasteiger partial charge in [-0.2, -0.15) is 5.10 Å². The maximum atomic E-state index is 12.8. The third kappa shape index (κ3) is 2.60. The number of nitrogens with one attached hydrogen (secondary N) is 1. The molecular formula is C17H13ClN6O. The quantitative estimate of drug-likeness (QED) is 0.593. The fourth-order valence-corrected chi connectivity index (χ4v) is 2.86. The van der Waals surface area contributed by atoms with Gasteiger partial charge in [-0.3, -0.25) is 4.79 Å². The molecule has 0 aliphatic carbocycles. The van der Waals surface area contributed by atoms with Crippen LogP contribution in [-0.2, 0) is 0 Å². The van der Waals surface area contributed by atoms with Gasteiger partial charge in [0.2, 0.25) is 0 Å². The summed E-state index contributed by atoms with van der Waals surface area (Å²) in [5.74, 6) is 0.271. The summed E-state index contributed by atoms with van der Waals surface area (Å²) >= 11 is 6.22. The van der Waals surface area contributed by atoms with E-state index >= 15 is 0 Å². The molecule has 0 aliphatic rings. The number of aromatic nitrogens is 4. The summed E-state index contributed by atoms with van der Waals surface area (Å²) in [4.78, 5) is 12.8. The molecule has 0 aliphatic heterocycles. The number of hydrogen-bond acceptors (Lipinski definition) is 4. The summed E-state index contributed by atoms with van der Waals surface area (Å²) in [6, 6.07) is 14.3. The number of pyridine rings is 1. The molecule has 8 heteroatoms. The zero-order valence-electron chi connectivity index (χ0n) is 12.9. The average Bonchev–Trinajstić information content (AvgIpc) is 3.18. The lowest BCUT2D eigenvalue weighted by molar-refractivity contribution is 0.102. The summed E-state index contributed by atoms with van der Waals surface area (Å²) in [6.45, 7) is 0. The Morgan fingerprint density at radius 2 is 1.92 bits per heavy atom. The van der Waals surface area contributed by atoms with Gasteiger partial charge in [0.25, 0.3) is 5.91 Å². The first-order valence-corrected chi connectivity index (χ1v) is 7.86. The Kier molecular flexibility index (Phi) is 3.62. The molecule has 3 N–H and O–H groups in total. The minimum Gasteiger partial charge on any atom is -0.382 e. The molecule has 25 heavy (non-hydrogen) atoms. The highest BCUT2D eigenvalue weighted by Gasteiger charge is 2.19. The smallest absolute Gasteiger partial charge is 0.262 e. The van der Waals surface area contributed by atoms with Gasteiger partial charge in [0.05, 0.1) is 22.4 Å². The van der Waals surface area contributed by atoms with Crippen LogP contribution in [0.1, 0.15) is 10.4 Å². The molecule has 0 bridgehead atoms. The number of amides is 1. The van der Waals surface area contributed by atoms with Crippen LogP contribution in [0.4, 0.5) is 11.6 Å². The maximum absolute atomic E-state index is 12.8. The van der Waals surface area contributed by atoms with Crippen molar-refractivity contribution in [1.82, 2.24) is 19.4 Å². The summed E-state index contributed by atoms with van der Waals surface area (Å²) in [5, 5.41) is 11.7. The van der Waals surface area contributed by atoms with Crippen LogP contribution in [-0.4, -0.2) is 25.3 Å². The van der Waals surface area contributed by atoms with E-state index in [0.717, 1.165) is 0 Å². The number of rotatable bonds is 3. The Hall–Kier alpha value is -3.32. The first-order valence-electron chi connectivity index (χ1n) is 7.48. The summed E-state index contributed by atoms with van der Waals surface area (Å²) in [5.41, 5.74) is 7.52. The fourth-order valence-electron chi connectivity index (χ4n) is 2.64. The second-order valence-electron chi connectivity index (χ2n) is 5.32. The van der Waals surface area contributed by atoms with E-state index < -0.39 is 0 Å². The molecule has 4 aromatic rings. The molecule has 0 unspecified atom stereocenters. The van der Waals surface area contributed by atoms with Gasteiger partial charge in [-0.1, -0.05) is 29.8 Å². The van der Waals surface area contributed by atoms with E-state index in [1.807, 2.05) is 30.3 Å². The molecule has 4 rings (SSSR count). The number of carbonyl (C=O) groups is 1. The number of fused-ring (bicyclic) bond motifs is 1. The molecule has 3 heterocycles. The third-order valence-electron chi connectivity index (χ3n) is 3.76. The van der Waals surface area contributed by atoms with Crippen molar-refractivity contribution in [3.8, 4) is 5.69 Å². The Morgan fingerprint density at radius 1 is 1.12 bits per heavy atom. The van der Waals surface area contributed by atoms with E-state index in [-0.39, 0.29) is 11.7 Å². The molecule has 0 saturated carbocycles. The van der Waals surface area contributed by atoms with Crippen LogP contribution in [0, 0.1) is 0 Å². The van der Waals surface area contributed by atoms with Crippen LogP contribution in [0.15, 0.2) is 60.9 Å². The number of halogens is 1. The van der Waals surface area contributed by atoms with Gasteiger partial charge in [0.1, 0.15) is 11.4 Å². The van der Waals surface area contributed by atoms with Crippen molar-refractivity contribution in [1.29, 1.82) is 0 Å². The van der Waals surface area contributed by atoms with Crippen LogP contribution < -0.4 is 11.1 Å². The molecule has 0 spiro atoms. The van der Waals surface area contributed by atoms with Gasteiger partial charge in [0, 0.05) is 12.3 Å². The average molecular weight is 353 g/mol. The van der Waals surface area contributed by atoms with Gasteiger partial charge in [-0.05, 0) is 24.3 Å². The Bertz CT molecular complexity index is 1080. The Labute approximate surface area is 147 Å². The topological polar surface area (TPSA) is 90.2 Å². The van der Waals surface area contributed by atoms with E-state index in [2.05, 4.69) is 15.5 Å². The van der Waals surface area contributed by atoms with Crippen molar-refractivity contribution >= 4 is 34.7 Å². The van der Waals surface area contributed by atoms with Crippen molar-refractivity contribution in [2.45, 2.75) is 0 Å². The van der Waals surface area contributed by atoms with Gasteiger partial charge in [-0.25, -0.2) is 9.20 Å². The van der Waals surface area contributed by atoms with Crippen molar-refractivity contribution in [2.75, 3.05) is 11.1 Å². The maximum Gasteiger partial charge on any atom is 0.262 e. The predicted molar refractivity (Wildman–Crippen MR) is 96.1 cm³/mol. The number of carbonyl (C=O) groups excluding carboxylic acids is 1. The molecule has 0 atom stereocenters. The second-order valence-corrected chi connectivity index (χ2v) is 5.73. The van der Waals surface area contributed by atoms with Crippen molar-refractivity contribution in [3.63, 3.8) is 0 Å². The number of nitrogens with two attached hydrogens (primary N) is 1.